The van der Waals surface area contributed by atoms with E-state index in [0.29, 0.717) is 0 Å². The molecule has 0 aromatic heterocycles. The fraction of sp³-hybridized carbons (Fsp3) is 0.833. The maximum absolute atomic E-state index is 11.8. The molecule has 0 aliphatic carbocycles. The van der Waals surface area contributed by atoms with Crippen LogP contribution in [0, 0.1) is 0 Å². The second kappa shape index (κ2) is 4.94. The van der Waals surface area contributed by atoms with Crippen LogP contribution in [0.4, 0.5) is 4.79 Å². The molecule has 2 rings (SSSR count). The van der Waals surface area contributed by atoms with Crippen LogP contribution in [0.25, 0.3) is 0 Å². The van der Waals surface area contributed by atoms with Crippen molar-refractivity contribution < 1.29 is 19.1 Å². The fourth-order valence-corrected chi connectivity index (χ4v) is 2.86. The van der Waals surface area contributed by atoms with Crippen molar-refractivity contribution in [2.75, 3.05) is 7.11 Å². The molecule has 2 heterocycles. The number of esters is 1. The van der Waals surface area contributed by atoms with Gasteiger partial charge in [0.05, 0.1) is 19.6 Å². The van der Waals surface area contributed by atoms with Crippen molar-refractivity contribution >= 4 is 12.1 Å². The highest BCUT2D eigenvalue weighted by Gasteiger charge is 2.46. The van der Waals surface area contributed by atoms with E-state index in [2.05, 4.69) is 4.74 Å². The average Bonchev–Trinajstić information content (AvgIpc) is 2.67. The predicted octanol–water partition coefficient (Wildman–Crippen LogP) is 1.70. The monoisotopic (exact) mass is 241 g/mol. The Hall–Kier alpha value is -1.26. The highest BCUT2D eigenvalue weighted by Crippen LogP contribution is 2.34. The Morgan fingerprint density at radius 2 is 2.29 bits per heavy atom. The Kier molecular flexibility index (Phi) is 3.54. The normalized spacial score (nSPS) is 32.0. The van der Waals surface area contributed by atoms with Crippen molar-refractivity contribution in [3.05, 3.63) is 0 Å². The van der Waals surface area contributed by atoms with Gasteiger partial charge in [0.1, 0.15) is 6.10 Å². The molecule has 0 aromatic rings. The SMILES string of the molecule is CC[C@@H]1OC(=O)N2[C@@H](CC(=O)OC)CCC[C@@H]12. The third-order valence-electron chi connectivity index (χ3n) is 3.71. The average molecular weight is 241 g/mol. The van der Waals surface area contributed by atoms with Gasteiger partial charge < -0.3 is 9.47 Å². The smallest absolute Gasteiger partial charge is 0.410 e. The van der Waals surface area contributed by atoms with Crippen LogP contribution in [0.5, 0.6) is 0 Å². The summed E-state index contributed by atoms with van der Waals surface area (Å²) in [6.07, 6.45) is 3.70. The van der Waals surface area contributed by atoms with Gasteiger partial charge in [-0.15, -0.1) is 0 Å². The second-order valence-electron chi connectivity index (χ2n) is 4.67. The van der Waals surface area contributed by atoms with Gasteiger partial charge in [-0.05, 0) is 25.7 Å². The molecule has 1 amide bonds. The van der Waals surface area contributed by atoms with Gasteiger partial charge in [-0.25, -0.2) is 4.79 Å². The molecule has 2 aliphatic heterocycles. The lowest BCUT2D eigenvalue weighted by atomic mass is 9.91. The van der Waals surface area contributed by atoms with Crippen LogP contribution >= 0.6 is 0 Å². The molecule has 17 heavy (non-hydrogen) atoms. The zero-order valence-electron chi connectivity index (χ0n) is 10.3. The summed E-state index contributed by atoms with van der Waals surface area (Å²) in [4.78, 5) is 24.9. The molecule has 0 unspecified atom stereocenters. The first kappa shape index (κ1) is 12.2. The molecule has 0 radical (unpaired) electrons. The van der Waals surface area contributed by atoms with Crippen LogP contribution < -0.4 is 0 Å². The zero-order chi connectivity index (χ0) is 12.4. The summed E-state index contributed by atoms with van der Waals surface area (Å²) in [7, 11) is 1.37. The predicted molar refractivity (Wildman–Crippen MR) is 60.5 cm³/mol. The highest BCUT2D eigenvalue weighted by molar-refractivity contribution is 5.74. The van der Waals surface area contributed by atoms with E-state index >= 15 is 0 Å². The molecule has 2 fully saturated rings. The number of amides is 1. The highest BCUT2D eigenvalue weighted by atomic mass is 16.6. The first-order valence-corrected chi connectivity index (χ1v) is 6.23. The number of fused-ring (bicyclic) bond motifs is 1. The molecule has 2 saturated heterocycles. The number of carbonyl (C=O) groups excluding carboxylic acids is 2. The second-order valence-corrected chi connectivity index (χ2v) is 4.67. The summed E-state index contributed by atoms with van der Waals surface area (Å²) < 4.78 is 10.0. The summed E-state index contributed by atoms with van der Waals surface area (Å²) in [6.45, 7) is 2.02. The lowest BCUT2D eigenvalue weighted by Crippen LogP contribution is -2.48. The molecule has 0 spiro atoms. The maximum Gasteiger partial charge on any atom is 0.410 e. The third-order valence-corrected chi connectivity index (χ3v) is 3.71. The molecule has 0 N–H and O–H groups in total. The Bertz CT molecular complexity index is 318. The lowest BCUT2D eigenvalue weighted by molar-refractivity contribution is -0.142. The number of ether oxygens (including phenoxy) is 2. The molecule has 0 aromatic carbocycles. The summed E-state index contributed by atoms with van der Waals surface area (Å²) >= 11 is 0. The Morgan fingerprint density at radius 3 is 2.94 bits per heavy atom. The van der Waals surface area contributed by atoms with Crippen molar-refractivity contribution in [2.45, 2.75) is 57.2 Å². The molecular weight excluding hydrogens is 222 g/mol. The first-order chi connectivity index (χ1) is 8.17. The number of cyclic esters (lactones) is 1. The van der Waals surface area contributed by atoms with Crippen LogP contribution in [-0.4, -0.2) is 42.3 Å². The van der Waals surface area contributed by atoms with Gasteiger partial charge in [-0.2, -0.15) is 0 Å². The molecule has 0 bridgehead atoms. The van der Waals surface area contributed by atoms with Crippen molar-refractivity contribution in [1.82, 2.24) is 4.90 Å². The van der Waals surface area contributed by atoms with Gasteiger partial charge in [0.2, 0.25) is 0 Å². The van der Waals surface area contributed by atoms with Crippen LogP contribution in [0.1, 0.15) is 39.0 Å². The molecular formula is C12H19NO4. The molecule has 5 heteroatoms. The van der Waals surface area contributed by atoms with Gasteiger partial charge in [0.25, 0.3) is 0 Å². The number of hydrogen-bond donors (Lipinski definition) is 0. The van der Waals surface area contributed by atoms with E-state index in [1.165, 1.54) is 7.11 Å². The van der Waals surface area contributed by atoms with E-state index in [0.717, 1.165) is 25.7 Å². The topological polar surface area (TPSA) is 55.8 Å². The van der Waals surface area contributed by atoms with Gasteiger partial charge in [0, 0.05) is 6.04 Å². The number of rotatable bonds is 3. The number of methoxy groups -OCH3 is 1. The largest absolute Gasteiger partial charge is 0.469 e. The minimum atomic E-state index is -0.268. The number of piperidine rings is 1. The Balaban J connectivity index is 2.09. The molecule has 3 atom stereocenters. The number of hydrogen-bond acceptors (Lipinski definition) is 4. The van der Waals surface area contributed by atoms with Crippen LogP contribution in [0.2, 0.25) is 0 Å². The first-order valence-electron chi connectivity index (χ1n) is 6.23. The minimum absolute atomic E-state index is 0.0112. The van der Waals surface area contributed by atoms with Crippen molar-refractivity contribution in [3.63, 3.8) is 0 Å². The zero-order valence-corrected chi connectivity index (χ0v) is 10.3. The van der Waals surface area contributed by atoms with E-state index in [1.54, 1.807) is 4.90 Å². The third kappa shape index (κ3) is 2.23. The standard InChI is InChI=1S/C12H19NO4/c1-3-10-9-6-4-5-8(7-11(14)16-2)13(9)12(15)17-10/h8-10H,3-7H2,1-2H3/t8-,9+,10+/m1/s1. The Morgan fingerprint density at radius 1 is 1.53 bits per heavy atom. The van der Waals surface area contributed by atoms with E-state index < -0.39 is 0 Å². The van der Waals surface area contributed by atoms with Crippen molar-refractivity contribution in [3.8, 4) is 0 Å². The summed E-state index contributed by atoms with van der Waals surface area (Å²) in [5, 5.41) is 0. The van der Waals surface area contributed by atoms with Gasteiger partial charge in [-0.3, -0.25) is 9.69 Å². The summed E-state index contributed by atoms with van der Waals surface area (Å²) in [6, 6.07) is 0.0983. The molecule has 96 valence electrons. The van der Waals surface area contributed by atoms with Gasteiger partial charge in [-0.1, -0.05) is 6.92 Å². The van der Waals surface area contributed by atoms with E-state index in [4.69, 9.17) is 4.74 Å². The maximum atomic E-state index is 11.8. The van der Waals surface area contributed by atoms with E-state index in [-0.39, 0.29) is 36.7 Å². The van der Waals surface area contributed by atoms with E-state index in [1.807, 2.05) is 6.92 Å². The molecule has 0 saturated carbocycles. The Labute approximate surface area is 101 Å². The summed E-state index contributed by atoms with van der Waals surface area (Å²) in [5.74, 6) is -0.261. The van der Waals surface area contributed by atoms with Crippen molar-refractivity contribution in [1.29, 1.82) is 0 Å². The fourth-order valence-electron chi connectivity index (χ4n) is 2.86. The van der Waals surface area contributed by atoms with Crippen LogP contribution in [-0.2, 0) is 14.3 Å². The lowest BCUT2D eigenvalue weighted by Gasteiger charge is -2.35. The van der Waals surface area contributed by atoms with Gasteiger partial charge >= 0.3 is 12.1 Å². The summed E-state index contributed by atoms with van der Waals surface area (Å²) in [5.41, 5.74) is 0. The minimum Gasteiger partial charge on any atom is -0.469 e. The van der Waals surface area contributed by atoms with Crippen LogP contribution in [0.3, 0.4) is 0 Å². The van der Waals surface area contributed by atoms with Crippen molar-refractivity contribution in [2.24, 2.45) is 0 Å². The van der Waals surface area contributed by atoms with E-state index in [9.17, 15) is 9.59 Å². The number of nitrogens with zero attached hydrogens (tertiary/aromatic N) is 1. The molecule has 5 nitrogen and oxygen atoms in total. The molecule has 2 aliphatic rings. The quantitative estimate of drug-likeness (QED) is 0.706. The van der Waals surface area contributed by atoms with Gasteiger partial charge in [0.15, 0.2) is 0 Å². The van der Waals surface area contributed by atoms with Crippen LogP contribution in [0.15, 0.2) is 0 Å². The number of carbonyl (C=O) groups is 2.